The third-order valence-corrected chi connectivity index (χ3v) is 4.61. The number of nitrogens with zero attached hydrogens (tertiary/aromatic N) is 1. The molecule has 0 radical (unpaired) electrons. The number of benzene rings is 3. The lowest BCUT2D eigenvalue weighted by molar-refractivity contribution is -0.120. The molecule has 0 bridgehead atoms. The summed E-state index contributed by atoms with van der Waals surface area (Å²) in [6, 6.07) is 25.3. The normalized spacial score (nSPS) is 10.3. The van der Waals surface area contributed by atoms with Gasteiger partial charge in [-0.25, -0.2) is 0 Å². The third kappa shape index (κ3) is 5.69. The molecule has 0 aliphatic carbocycles. The second kappa shape index (κ2) is 9.55. The number of hydrogen-bond acceptors (Lipinski definition) is 3. The summed E-state index contributed by atoms with van der Waals surface area (Å²) in [4.78, 5) is 26.3. The first-order chi connectivity index (χ1) is 14.0. The topological polar surface area (TPSA) is 61.4 Å². The molecule has 0 aliphatic heterocycles. The third-order valence-electron chi connectivity index (χ3n) is 4.61. The van der Waals surface area contributed by atoms with E-state index in [2.05, 4.69) is 10.6 Å². The minimum absolute atomic E-state index is 0.0605. The summed E-state index contributed by atoms with van der Waals surface area (Å²) in [5, 5.41) is 5.48. The summed E-state index contributed by atoms with van der Waals surface area (Å²) in [6.07, 6.45) is 0. The molecule has 0 aromatic heterocycles. The fraction of sp³-hybridized carbons (Fsp3) is 0.167. The number of carbonyl (C=O) groups is 2. The van der Waals surface area contributed by atoms with Gasteiger partial charge in [-0.15, -0.1) is 0 Å². The number of amides is 2. The lowest BCUT2D eigenvalue weighted by atomic mass is 10.0. The Morgan fingerprint density at radius 2 is 1.38 bits per heavy atom. The first kappa shape index (κ1) is 20.1. The Labute approximate surface area is 171 Å². The highest BCUT2D eigenvalue weighted by Gasteiger charge is 2.08. The Morgan fingerprint density at radius 3 is 2.00 bits per heavy atom. The van der Waals surface area contributed by atoms with Gasteiger partial charge in [-0.3, -0.25) is 9.59 Å². The average molecular weight is 387 g/mol. The van der Waals surface area contributed by atoms with E-state index in [4.69, 9.17) is 0 Å². The minimum Gasteiger partial charge on any atom is -0.378 e. The van der Waals surface area contributed by atoms with Gasteiger partial charge in [-0.05, 0) is 41.0 Å². The molecule has 3 aromatic rings. The van der Waals surface area contributed by atoms with E-state index >= 15 is 0 Å². The molecule has 2 N–H and O–H groups in total. The summed E-state index contributed by atoms with van der Waals surface area (Å²) in [5.74, 6) is -0.494. The highest BCUT2D eigenvalue weighted by Crippen LogP contribution is 2.19. The molecule has 0 spiro atoms. The molecule has 2 amide bonds. The number of anilines is 1. The van der Waals surface area contributed by atoms with E-state index in [1.807, 2.05) is 85.7 Å². The van der Waals surface area contributed by atoms with Crippen molar-refractivity contribution in [3.05, 3.63) is 90.0 Å². The molecular weight excluding hydrogens is 362 g/mol. The molecule has 5 nitrogen and oxygen atoms in total. The Kier molecular flexibility index (Phi) is 6.63. The summed E-state index contributed by atoms with van der Waals surface area (Å²) in [6.45, 7) is 0.364. The molecule has 0 saturated heterocycles. The smallest absolute Gasteiger partial charge is 0.251 e. The SMILES string of the molecule is CN(C)c1ccc(CNC(=O)CNC(=O)c2ccc(-c3ccccc3)cc2)cc1. The molecule has 0 fully saturated rings. The van der Waals surface area contributed by atoms with Gasteiger partial charge in [0.25, 0.3) is 5.91 Å². The zero-order valence-electron chi connectivity index (χ0n) is 16.7. The highest BCUT2D eigenvalue weighted by atomic mass is 16.2. The Morgan fingerprint density at radius 1 is 0.759 bits per heavy atom. The predicted molar refractivity (Wildman–Crippen MR) is 117 cm³/mol. The van der Waals surface area contributed by atoms with Crippen molar-refractivity contribution in [3.63, 3.8) is 0 Å². The van der Waals surface area contributed by atoms with E-state index in [1.165, 1.54) is 0 Å². The first-order valence-corrected chi connectivity index (χ1v) is 9.49. The first-order valence-electron chi connectivity index (χ1n) is 9.49. The van der Waals surface area contributed by atoms with Crippen LogP contribution in [0.5, 0.6) is 0 Å². The standard InChI is InChI=1S/C24H25N3O2/c1-27(2)22-14-8-18(9-15-22)16-25-23(28)17-26-24(29)21-12-10-20(11-13-21)19-6-4-3-5-7-19/h3-15H,16-17H2,1-2H3,(H,25,28)(H,26,29). The second-order valence-electron chi connectivity index (χ2n) is 6.96. The van der Waals surface area contributed by atoms with Crippen LogP contribution in [0.15, 0.2) is 78.9 Å². The molecule has 3 aromatic carbocycles. The Hall–Kier alpha value is -3.60. The largest absolute Gasteiger partial charge is 0.378 e. The maximum absolute atomic E-state index is 12.3. The van der Waals surface area contributed by atoms with E-state index in [-0.39, 0.29) is 18.4 Å². The zero-order valence-corrected chi connectivity index (χ0v) is 16.7. The summed E-state index contributed by atoms with van der Waals surface area (Å²) >= 11 is 0. The van der Waals surface area contributed by atoms with Crippen LogP contribution in [0, 0.1) is 0 Å². The molecular formula is C24H25N3O2. The summed E-state index contributed by atoms with van der Waals surface area (Å²) < 4.78 is 0. The van der Waals surface area contributed by atoms with Gasteiger partial charge in [-0.1, -0.05) is 54.6 Å². The number of rotatable bonds is 7. The van der Waals surface area contributed by atoms with E-state index in [9.17, 15) is 9.59 Å². The van der Waals surface area contributed by atoms with E-state index in [1.54, 1.807) is 12.1 Å². The van der Waals surface area contributed by atoms with Crippen molar-refractivity contribution in [2.75, 3.05) is 25.5 Å². The molecule has 29 heavy (non-hydrogen) atoms. The van der Waals surface area contributed by atoms with Gasteiger partial charge in [0, 0.05) is 31.9 Å². The van der Waals surface area contributed by atoms with E-state index < -0.39 is 0 Å². The predicted octanol–water partition coefficient (Wildman–Crippen LogP) is 3.47. The zero-order chi connectivity index (χ0) is 20.6. The van der Waals surface area contributed by atoms with E-state index in [0.29, 0.717) is 12.1 Å². The Bertz CT molecular complexity index is 950. The van der Waals surface area contributed by atoms with E-state index in [0.717, 1.165) is 22.4 Å². The molecule has 3 rings (SSSR count). The number of carbonyl (C=O) groups excluding carboxylic acids is 2. The maximum Gasteiger partial charge on any atom is 0.251 e. The molecule has 0 heterocycles. The fourth-order valence-corrected chi connectivity index (χ4v) is 2.88. The van der Waals surface area contributed by atoms with Crippen LogP contribution in [0.1, 0.15) is 15.9 Å². The van der Waals surface area contributed by atoms with Crippen LogP contribution in [-0.4, -0.2) is 32.5 Å². The molecule has 0 aliphatic rings. The molecule has 5 heteroatoms. The van der Waals surface area contributed by atoms with Gasteiger partial charge in [0.15, 0.2) is 0 Å². The monoisotopic (exact) mass is 387 g/mol. The molecule has 0 saturated carbocycles. The van der Waals surface area contributed by atoms with Gasteiger partial charge in [0.1, 0.15) is 0 Å². The van der Waals surface area contributed by atoms with Crippen LogP contribution in [0.25, 0.3) is 11.1 Å². The highest BCUT2D eigenvalue weighted by molar-refractivity contribution is 5.96. The second-order valence-corrected chi connectivity index (χ2v) is 6.96. The summed E-state index contributed by atoms with van der Waals surface area (Å²) in [7, 11) is 3.96. The lowest BCUT2D eigenvalue weighted by Crippen LogP contribution is -2.36. The van der Waals surface area contributed by atoms with Crippen molar-refractivity contribution in [1.82, 2.24) is 10.6 Å². The number of hydrogen-bond donors (Lipinski definition) is 2. The van der Waals surface area contributed by atoms with Crippen molar-refractivity contribution in [3.8, 4) is 11.1 Å². The van der Waals surface area contributed by atoms with Crippen LogP contribution in [0.3, 0.4) is 0 Å². The van der Waals surface area contributed by atoms with Gasteiger partial charge in [0.05, 0.1) is 6.54 Å². The van der Waals surface area contributed by atoms with Gasteiger partial charge in [-0.2, -0.15) is 0 Å². The molecule has 148 valence electrons. The maximum atomic E-state index is 12.3. The van der Waals surface area contributed by atoms with Crippen LogP contribution in [0.4, 0.5) is 5.69 Å². The molecule has 0 atom stereocenters. The quantitative estimate of drug-likeness (QED) is 0.653. The van der Waals surface area contributed by atoms with Crippen molar-refractivity contribution in [1.29, 1.82) is 0 Å². The Balaban J connectivity index is 1.46. The van der Waals surface area contributed by atoms with Gasteiger partial charge < -0.3 is 15.5 Å². The van der Waals surface area contributed by atoms with Crippen molar-refractivity contribution in [2.45, 2.75) is 6.54 Å². The van der Waals surface area contributed by atoms with Crippen LogP contribution in [-0.2, 0) is 11.3 Å². The number of nitrogens with one attached hydrogen (secondary N) is 2. The average Bonchev–Trinajstić information content (AvgIpc) is 2.77. The van der Waals surface area contributed by atoms with Gasteiger partial charge in [0.2, 0.25) is 5.91 Å². The fourth-order valence-electron chi connectivity index (χ4n) is 2.88. The summed E-state index contributed by atoms with van der Waals surface area (Å²) in [5.41, 5.74) is 4.77. The van der Waals surface area contributed by atoms with Crippen LogP contribution in [0.2, 0.25) is 0 Å². The molecule has 0 unspecified atom stereocenters. The minimum atomic E-state index is -0.268. The van der Waals surface area contributed by atoms with Crippen molar-refractivity contribution < 1.29 is 9.59 Å². The van der Waals surface area contributed by atoms with Crippen molar-refractivity contribution in [2.24, 2.45) is 0 Å². The lowest BCUT2D eigenvalue weighted by Gasteiger charge is -2.13. The van der Waals surface area contributed by atoms with Crippen molar-refractivity contribution >= 4 is 17.5 Å². The van der Waals surface area contributed by atoms with Crippen LogP contribution < -0.4 is 15.5 Å². The van der Waals surface area contributed by atoms with Crippen LogP contribution >= 0.6 is 0 Å². The van der Waals surface area contributed by atoms with Gasteiger partial charge >= 0.3 is 0 Å².